The lowest BCUT2D eigenvalue weighted by molar-refractivity contribution is -0.126. The Morgan fingerprint density at radius 3 is 2.53 bits per heavy atom. The summed E-state index contributed by atoms with van der Waals surface area (Å²) in [6.07, 6.45) is 6.32. The van der Waals surface area contributed by atoms with Crippen LogP contribution in [0.25, 0.3) is 0 Å². The topological polar surface area (TPSA) is 98.8 Å². The van der Waals surface area contributed by atoms with E-state index >= 15 is 0 Å². The molecule has 2 saturated heterocycles. The van der Waals surface area contributed by atoms with Gasteiger partial charge in [-0.1, -0.05) is 19.8 Å². The summed E-state index contributed by atoms with van der Waals surface area (Å²) in [6, 6.07) is 2.92. The van der Waals surface area contributed by atoms with Gasteiger partial charge in [0.2, 0.25) is 5.91 Å². The highest BCUT2D eigenvalue weighted by Gasteiger charge is 2.30. The van der Waals surface area contributed by atoms with Gasteiger partial charge in [0.15, 0.2) is 0 Å². The van der Waals surface area contributed by atoms with Crippen molar-refractivity contribution in [1.82, 2.24) is 14.5 Å². The number of sulfonamides is 1. The number of thiophene rings is 1. The molecule has 0 aliphatic carbocycles. The summed E-state index contributed by atoms with van der Waals surface area (Å²) in [7, 11) is -3.52. The van der Waals surface area contributed by atoms with Gasteiger partial charge in [-0.05, 0) is 44.2 Å². The molecule has 3 heterocycles. The molecule has 1 atom stereocenters. The predicted molar refractivity (Wildman–Crippen MR) is 118 cm³/mol. The molecule has 8 nitrogen and oxygen atoms in total. The van der Waals surface area contributed by atoms with E-state index < -0.39 is 10.0 Å². The van der Waals surface area contributed by atoms with E-state index in [0.29, 0.717) is 37.7 Å². The molecule has 2 aliphatic rings. The highest BCUT2D eigenvalue weighted by molar-refractivity contribution is 7.91. The molecule has 1 unspecified atom stereocenters. The largest absolute Gasteiger partial charge is 0.356 e. The van der Waals surface area contributed by atoms with Crippen LogP contribution in [-0.2, 0) is 14.8 Å². The van der Waals surface area contributed by atoms with Gasteiger partial charge in [-0.25, -0.2) is 13.2 Å². The second-order valence-corrected chi connectivity index (χ2v) is 11.2. The third-order valence-electron chi connectivity index (χ3n) is 5.60. The van der Waals surface area contributed by atoms with E-state index in [9.17, 15) is 18.0 Å². The number of likely N-dealkylation sites (tertiary alicyclic amines) is 1. The molecule has 168 valence electrons. The zero-order chi connectivity index (χ0) is 21.6. The average molecular weight is 457 g/mol. The monoisotopic (exact) mass is 456 g/mol. The Labute approximate surface area is 183 Å². The summed E-state index contributed by atoms with van der Waals surface area (Å²) in [5, 5.41) is 6.22. The van der Waals surface area contributed by atoms with Gasteiger partial charge in [0.1, 0.15) is 4.21 Å². The van der Waals surface area contributed by atoms with Gasteiger partial charge < -0.3 is 10.2 Å². The number of piperidine rings is 1. The van der Waals surface area contributed by atoms with Crippen molar-refractivity contribution >= 4 is 38.3 Å². The van der Waals surface area contributed by atoms with Crippen LogP contribution in [-0.4, -0.2) is 62.3 Å². The molecule has 2 fully saturated rings. The highest BCUT2D eigenvalue weighted by atomic mass is 32.2. The molecule has 0 radical (unpaired) electrons. The number of hydrogen-bond donors (Lipinski definition) is 2. The number of hydrogen-bond acceptors (Lipinski definition) is 5. The highest BCUT2D eigenvalue weighted by Crippen LogP contribution is 2.30. The molecule has 10 heteroatoms. The maximum Gasteiger partial charge on any atom is 0.322 e. The molecule has 2 N–H and O–H groups in total. The van der Waals surface area contributed by atoms with Gasteiger partial charge in [-0.3, -0.25) is 10.1 Å². The third kappa shape index (κ3) is 5.73. The van der Waals surface area contributed by atoms with Crippen molar-refractivity contribution in [3.05, 3.63) is 12.1 Å². The summed E-state index contributed by atoms with van der Waals surface area (Å²) in [5.74, 6) is -0.199. The van der Waals surface area contributed by atoms with Crippen LogP contribution in [0.4, 0.5) is 9.80 Å². The van der Waals surface area contributed by atoms with E-state index in [2.05, 4.69) is 10.6 Å². The Morgan fingerprint density at radius 2 is 1.83 bits per heavy atom. The SMILES string of the molecule is CCCNC(=O)C1CCCN(C(=O)Nc2ccc(S(=O)(=O)N3CCCCCC3)s2)C1. The van der Waals surface area contributed by atoms with Crippen molar-refractivity contribution in [2.45, 2.75) is 56.1 Å². The van der Waals surface area contributed by atoms with E-state index in [1.54, 1.807) is 21.3 Å². The first-order chi connectivity index (χ1) is 14.4. The zero-order valence-electron chi connectivity index (χ0n) is 17.6. The molecule has 0 saturated carbocycles. The smallest absolute Gasteiger partial charge is 0.322 e. The summed E-state index contributed by atoms with van der Waals surface area (Å²) in [5.41, 5.74) is 0. The van der Waals surface area contributed by atoms with Crippen molar-refractivity contribution in [3.63, 3.8) is 0 Å². The predicted octanol–water partition coefficient (Wildman–Crippen LogP) is 3.08. The van der Waals surface area contributed by atoms with Gasteiger partial charge in [-0.2, -0.15) is 4.31 Å². The number of amides is 3. The fourth-order valence-electron chi connectivity index (χ4n) is 3.89. The van der Waals surface area contributed by atoms with Crippen LogP contribution in [0.2, 0.25) is 0 Å². The third-order valence-corrected chi connectivity index (χ3v) is 8.97. The van der Waals surface area contributed by atoms with Crippen molar-refractivity contribution < 1.29 is 18.0 Å². The molecule has 30 heavy (non-hydrogen) atoms. The average Bonchev–Trinajstić information content (AvgIpc) is 3.04. The molecule has 1 aromatic heterocycles. The molecule has 0 spiro atoms. The Bertz CT molecular complexity index is 832. The van der Waals surface area contributed by atoms with Crippen LogP contribution in [0.3, 0.4) is 0 Å². The lowest BCUT2D eigenvalue weighted by Crippen LogP contribution is -2.46. The lowest BCUT2D eigenvalue weighted by atomic mass is 9.97. The molecule has 0 bridgehead atoms. The first-order valence-corrected chi connectivity index (χ1v) is 13.1. The number of urea groups is 1. The first kappa shape index (κ1) is 23.0. The molecular formula is C20H32N4O4S2. The number of carbonyl (C=O) groups excluding carboxylic acids is 2. The number of nitrogens with one attached hydrogen (secondary N) is 2. The van der Waals surface area contributed by atoms with Crippen LogP contribution < -0.4 is 10.6 Å². The van der Waals surface area contributed by atoms with Gasteiger partial charge >= 0.3 is 6.03 Å². The van der Waals surface area contributed by atoms with Crippen molar-refractivity contribution in [2.75, 3.05) is 38.0 Å². The minimum atomic E-state index is -3.52. The van der Waals surface area contributed by atoms with E-state index in [-0.39, 0.29) is 22.1 Å². The molecule has 0 aromatic carbocycles. The standard InChI is InChI=1S/C20H32N4O4S2/c1-2-11-21-19(25)16-8-7-12-23(15-16)20(26)22-17-9-10-18(29-17)30(27,28)24-13-5-3-4-6-14-24/h9-10,16H,2-8,11-15H2,1H3,(H,21,25)(H,22,26). The fourth-order valence-corrected chi connectivity index (χ4v) is 6.76. The van der Waals surface area contributed by atoms with E-state index in [1.165, 1.54) is 0 Å². The summed E-state index contributed by atoms with van der Waals surface area (Å²) in [4.78, 5) is 26.6. The first-order valence-electron chi connectivity index (χ1n) is 10.9. The van der Waals surface area contributed by atoms with Crippen LogP contribution >= 0.6 is 11.3 Å². The van der Waals surface area contributed by atoms with Crippen molar-refractivity contribution in [2.24, 2.45) is 5.92 Å². The maximum absolute atomic E-state index is 12.9. The van der Waals surface area contributed by atoms with Crippen LogP contribution in [0, 0.1) is 5.92 Å². The quantitative estimate of drug-likeness (QED) is 0.687. The number of anilines is 1. The van der Waals surface area contributed by atoms with Crippen LogP contribution in [0.15, 0.2) is 16.3 Å². The molecule has 3 amide bonds. The molecular weight excluding hydrogens is 424 g/mol. The number of nitrogens with zero attached hydrogens (tertiary/aromatic N) is 2. The van der Waals surface area contributed by atoms with Gasteiger partial charge in [0.25, 0.3) is 10.0 Å². The zero-order valence-corrected chi connectivity index (χ0v) is 19.2. The molecule has 2 aliphatic heterocycles. The summed E-state index contributed by atoms with van der Waals surface area (Å²) < 4.78 is 27.6. The van der Waals surface area contributed by atoms with E-state index in [4.69, 9.17) is 0 Å². The van der Waals surface area contributed by atoms with Crippen molar-refractivity contribution in [1.29, 1.82) is 0 Å². The number of carbonyl (C=O) groups is 2. The van der Waals surface area contributed by atoms with E-state index in [0.717, 1.165) is 56.3 Å². The Hall–Kier alpha value is -1.65. The molecule has 1 aromatic rings. The van der Waals surface area contributed by atoms with Gasteiger partial charge in [0, 0.05) is 32.7 Å². The van der Waals surface area contributed by atoms with Crippen molar-refractivity contribution in [3.8, 4) is 0 Å². The lowest BCUT2D eigenvalue weighted by Gasteiger charge is -2.31. The summed E-state index contributed by atoms with van der Waals surface area (Å²) >= 11 is 1.08. The number of rotatable bonds is 6. The Kier molecular flexibility index (Phi) is 8.13. The van der Waals surface area contributed by atoms with Gasteiger partial charge in [-0.15, -0.1) is 11.3 Å². The second kappa shape index (κ2) is 10.6. The normalized spacial score (nSPS) is 21.1. The maximum atomic E-state index is 12.9. The van der Waals surface area contributed by atoms with E-state index in [1.807, 2.05) is 6.92 Å². The Morgan fingerprint density at radius 1 is 1.10 bits per heavy atom. The fraction of sp³-hybridized carbons (Fsp3) is 0.700. The molecule has 3 rings (SSSR count). The van der Waals surface area contributed by atoms with Gasteiger partial charge in [0.05, 0.1) is 10.9 Å². The van der Waals surface area contributed by atoms with Crippen LogP contribution in [0.1, 0.15) is 51.9 Å². The minimum Gasteiger partial charge on any atom is -0.356 e. The minimum absolute atomic E-state index is 0.00342. The second-order valence-electron chi connectivity index (χ2n) is 7.94. The van der Waals surface area contributed by atoms with Crippen LogP contribution in [0.5, 0.6) is 0 Å². The Balaban J connectivity index is 1.59. The summed E-state index contributed by atoms with van der Waals surface area (Å²) in [6.45, 7) is 4.72.